The summed E-state index contributed by atoms with van der Waals surface area (Å²) in [7, 11) is 1.99. The van der Waals surface area contributed by atoms with Crippen molar-refractivity contribution in [2.24, 2.45) is 7.05 Å². The summed E-state index contributed by atoms with van der Waals surface area (Å²) >= 11 is 0. The number of fused-ring (bicyclic) bond motifs is 1. The monoisotopic (exact) mass is 518 g/mol. The molecule has 9 heteroatoms. The van der Waals surface area contributed by atoms with E-state index in [9.17, 15) is 0 Å². The molecule has 0 aliphatic carbocycles. The fraction of sp³-hybridized carbons (Fsp3) is 0.233. The van der Waals surface area contributed by atoms with Crippen LogP contribution >= 0.6 is 0 Å². The van der Waals surface area contributed by atoms with E-state index in [2.05, 4.69) is 74.7 Å². The molecule has 0 aliphatic rings. The molecule has 0 unspecified atom stereocenters. The number of nitrogens with one attached hydrogen (secondary N) is 1. The fourth-order valence-electron chi connectivity index (χ4n) is 4.98. The number of anilines is 1. The van der Waals surface area contributed by atoms with Gasteiger partial charge in [-0.1, -0.05) is 67.9 Å². The van der Waals surface area contributed by atoms with Crippen LogP contribution < -0.4 is 4.90 Å². The molecular weight excluding hydrogens is 488 g/mol. The molecule has 0 saturated carbocycles. The second-order valence-corrected chi connectivity index (χ2v) is 9.64. The van der Waals surface area contributed by atoms with Crippen LogP contribution in [0.4, 0.5) is 6.01 Å². The highest BCUT2D eigenvalue weighted by Gasteiger charge is 2.23. The number of benzene rings is 3. The van der Waals surface area contributed by atoms with E-state index in [0.29, 0.717) is 11.8 Å². The molecule has 1 N–H and O–H groups in total. The number of oxazole rings is 1. The smallest absolute Gasteiger partial charge is 0.298 e. The molecule has 9 nitrogen and oxygen atoms in total. The summed E-state index contributed by atoms with van der Waals surface area (Å²) in [4.78, 5) is 11.8. The van der Waals surface area contributed by atoms with Gasteiger partial charge in [-0.2, -0.15) is 10.2 Å². The number of unbranched alkanes of at least 4 members (excludes halogenated alkanes) is 1. The van der Waals surface area contributed by atoms with Crippen LogP contribution in [0.1, 0.15) is 38.3 Å². The Kier molecular flexibility index (Phi) is 6.62. The number of aromatic nitrogens is 7. The van der Waals surface area contributed by atoms with Crippen molar-refractivity contribution in [1.82, 2.24) is 35.2 Å². The van der Waals surface area contributed by atoms with Crippen molar-refractivity contribution in [2.75, 3.05) is 11.4 Å². The predicted molar refractivity (Wildman–Crippen MR) is 152 cm³/mol. The maximum absolute atomic E-state index is 6.35. The van der Waals surface area contributed by atoms with Crippen molar-refractivity contribution in [1.29, 1.82) is 0 Å². The summed E-state index contributed by atoms with van der Waals surface area (Å²) in [6.07, 6.45) is 5.85. The second kappa shape index (κ2) is 10.5. The minimum atomic E-state index is 0.0581. The minimum absolute atomic E-state index is 0.0581. The molecule has 0 amide bonds. The van der Waals surface area contributed by atoms with E-state index < -0.39 is 0 Å². The zero-order valence-corrected chi connectivity index (χ0v) is 22.2. The van der Waals surface area contributed by atoms with E-state index in [1.165, 1.54) is 5.56 Å². The molecule has 196 valence electrons. The lowest BCUT2D eigenvalue weighted by Crippen LogP contribution is -2.28. The molecule has 0 radical (unpaired) electrons. The van der Waals surface area contributed by atoms with Gasteiger partial charge < -0.3 is 13.9 Å². The average molecular weight is 519 g/mol. The number of hydrogen-bond donors (Lipinski definition) is 1. The van der Waals surface area contributed by atoms with Crippen molar-refractivity contribution in [3.05, 3.63) is 84.7 Å². The summed E-state index contributed by atoms with van der Waals surface area (Å²) in [6, 6.07) is 23.4. The molecule has 3 aromatic heterocycles. The number of imidazole rings is 1. The highest BCUT2D eigenvalue weighted by Crippen LogP contribution is 2.35. The number of para-hydroxylation sites is 1. The first-order valence-corrected chi connectivity index (χ1v) is 13.2. The quantitative estimate of drug-likeness (QED) is 0.235. The van der Waals surface area contributed by atoms with Gasteiger partial charge in [-0.3, -0.25) is 0 Å². The Balaban J connectivity index is 1.33. The van der Waals surface area contributed by atoms with Crippen LogP contribution in [0.2, 0.25) is 0 Å². The van der Waals surface area contributed by atoms with Gasteiger partial charge in [0.1, 0.15) is 11.3 Å². The number of hydrogen-bond acceptors (Lipinski definition) is 7. The van der Waals surface area contributed by atoms with Gasteiger partial charge >= 0.3 is 0 Å². The highest BCUT2D eigenvalue weighted by atomic mass is 16.4. The standard InChI is InChI=1S/C30H30N8O/c1-4-5-18-38(30-32-27-25(11-8-12-26(27)39-30)29-31-17-19-37(29)3)20(2)21-13-15-22(16-14-21)23-9-6-7-10-24(23)28-33-35-36-34-28/h6-17,19-20H,4-5,18H2,1-3H3,(H,33,34,35,36)/t20-/m1/s1. The molecule has 6 aromatic rings. The zero-order valence-electron chi connectivity index (χ0n) is 22.2. The Morgan fingerprint density at radius 3 is 2.49 bits per heavy atom. The fourth-order valence-corrected chi connectivity index (χ4v) is 4.98. The van der Waals surface area contributed by atoms with Crippen LogP contribution in [0.25, 0.3) is 45.0 Å². The Labute approximate surface area is 226 Å². The van der Waals surface area contributed by atoms with Gasteiger partial charge in [-0.25, -0.2) is 4.98 Å². The van der Waals surface area contributed by atoms with Gasteiger partial charge in [0.05, 0.1) is 6.04 Å². The molecule has 0 spiro atoms. The SMILES string of the molecule is CCCCN(c1nc2c(-c3nccn3C)cccc2o1)[C@H](C)c1ccc(-c2ccccc2-c2nn[nH]n2)cc1. The lowest BCUT2D eigenvalue weighted by atomic mass is 9.97. The van der Waals surface area contributed by atoms with Crippen molar-refractivity contribution < 1.29 is 4.42 Å². The number of aromatic amines is 1. The summed E-state index contributed by atoms with van der Waals surface area (Å²) < 4.78 is 8.35. The van der Waals surface area contributed by atoms with E-state index in [-0.39, 0.29) is 6.04 Å². The van der Waals surface area contributed by atoms with Crippen LogP contribution in [0.15, 0.2) is 83.5 Å². The molecule has 3 aromatic carbocycles. The molecule has 0 aliphatic heterocycles. The van der Waals surface area contributed by atoms with Crippen LogP contribution in [-0.2, 0) is 7.05 Å². The van der Waals surface area contributed by atoms with Crippen LogP contribution in [0.3, 0.4) is 0 Å². The van der Waals surface area contributed by atoms with Gasteiger partial charge in [-0.05, 0) is 47.4 Å². The summed E-state index contributed by atoms with van der Waals surface area (Å²) in [6.45, 7) is 5.24. The molecule has 3 heterocycles. The largest absolute Gasteiger partial charge is 0.423 e. The summed E-state index contributed by atoms with van der Waals surface area (Å²) in [5.74, 6) is 1.44. The Bertz CT molecular complexity index is 1680. The van der Waals surface area contributed by atoms with E-state index in [1.807, 2.05) is 54.2 Å². The number of aryl methyl sites for hydroxylation is 1. The molecule has 1 atom stereocenters. The second-order valence-electron chi connectivity index (χ2n) is 9.64. The minimum Gasteiger partial charge on any atom is -0.423 e. The van der Waals surface area contributed by atoms with Gasteiger partial charge in [0.15, 0.2) is 5.58 Å². The number of tetrazole rings is 1. The first-order chi connectivity index (χ1) is 19.1. The van der Waals surface area contributed by atoms with Crippen molar-refractivity contribution >= 4 is 17.1 Å². The van der Waals surface area contributed by atoms with Crippen molar-refractivity contribution in [3.8, 4) is 33.9 Å². The summed E-state index contributed by atoms with van der Waals surface area (Å²) in [5, 5.41) is 14.6. The van der Waals surface area contributed by atoms with Crippen LogP contribution in [0, 0.1) is 0 Å². The summed E-state index contributed by atoms with van der Waals surface area (Å²) in [5.41, 5.74) is 6.80. The molecular formula is C30H30N8O. The average Bonchev–Trinajstić information content (AvgIpc) is 3.74. The maximum atomic E-state index is 6.35. The van der Waals surface area contributed by atoms with E-state index in [1.54, 1.807) is 6.20 Å². The Morgan fingerprint density at radius 1 is 0.974 bits per heavy atom. The van der Waals surface area contributed by atoms with Gasteiger partial charge in [0.2, 0.25) is 5.82 Å². The van der Waals surface area contributed by atoms with E-state index >= 15 is 0 Å². The first kappa shape index (κ1) is 24.5. The normalized spacial score (nSPS) is 12.2. The molecule has 0 fully saturated rings. The third-order valence-electron chi connectivity index (χ3n) is 7.15. The Morgan fingerprint density at radius 2 is 1.77 bits per heavy atom. The number of H-pyrrole nitrogens is 1. The lowest BCUT2D eigenvalue weighted by Gasteiger charge is -2.28. The first-order valence-electron chi connectivity index (χ1n) is 13.2. The van der Waals surface area contributed by atoms with Gasteiger partial charge in [0, 0.05) is 37.1 Å². The van der Waals surface area contributed by atoms with Gasteiger partial charge in [-0.15, -0.1) is 10.2 Å². The number of nitrogens with zero attached hydrogens (tertiary/aromatic N) is 7. The van der Waals surface area contributed by atoms with Gasteiger partial charge in [0.25, 0.3) is 6.01 Å². The third kappa shape index (κ3) is 4.67. The third-order valence-corrected chi connectivity index (χ3v) is 7.15. The zero-order chi connectivity index (χ0) is 26.8. The molecule has 39 heavy (non-hydrogen) atoms. The highest BCUT2D eigenvalue weighted by molar-refractivity contribution is 5.90. The van der Waals surface area contributed by atoms with Crippen molar-refractivity contribution in [2.45, 2.75) is 32.7 Å². The molecule has 6 rings (SSSR count). The van der Waals surface area contributed by atoms with Crippen molar-refractivity contribution in [3.63, 3.8) is 0 Å². The Hall–Kier alpha value is -4.79. The van der Waals surface area contributed by atoms with E-state index in [0.717, 1.165) is 58.6 Å². The molecule has 0 saturated heterocycles. The topological polar surface area (TPSA) is 102 Å². The number of rotatable bonds is 9. The van der Waals surface area contributed by atoms with Crippen LogP contribution in [-0.4, -0.2) is 41.7 Å². The van der Waals surface area contributed by atoms with Crippen LogP contribution in [0.5, 0.6) is 0 Å². The van der Waals surface area contributed by atoms with E-state index in [4.69, 9.17) is 9.40 Å². The molecule has 0 bridgehead atoms. The maximum Gasteiger partial charge on any atom is 0.298 e. The lowest BCUT2D eigenvalue weighted by molar-refractivity contribution is 0.524. The predicted octanol–water partition coefficient (Wildman–Crippen LogP) is 6.44.